The van der Waals surface area contributed by atoms with E-state index in [1.165, 1.54) is 6.07 Å². The van der Waals surface area contributed by atoms with Crippen LogP contribution in [-0.2, 0) is 0 Å². The normalized spacial score (nSPS) is 10.7. The van der Waals surface area contributed by atoms with E-state index >= 15 is 0 Å². The third-order valence-corrected chi connectivity index (χ3v) is 3.08. The van der Waals surface area contributed by atoms with Crippen molar-refractivity contribution < 1.29 is 9.18 Å². The number of halogens is 1. The first kappa shape index (κ1) is 14.8. The van der Waals surface area contributed by atoms with Crippen LogP contribution >= 0.6 is 0 Å². The number of H-pyrrole nitrogens is 1. The van der Waals surface area contributed by atoms with Gasteiger partial charge in [0.15, 0.2) is 0 Å². The average Bonchev–Trinajstić information content (AvgIpc) is 2.85. The van der Waals surface area contributed by atoms with E-state index in [2.05, 4.69) is 20.5 Å². The Morgan fingerprint density at radius 3 is 2.71 bits per heavy atom. The van der Waals surface area contributed by atoms with E-state index in [-0.39, 0.29) is 17.8 Å². The third kappa shape index (κ3) is 3.28. The molecule has 0 fully saturated rings. The minimum Gasteiger partial charge on any atom is -0.370 e. The summed E-state index contributed by atoms with van der Waals surface area (Å²) in [6, 6.07) is 4.65. The summed E-state index contributed by atoms with van der Waals surface area (Å²) in [5, 5.41) is 8.46. The second kappa shape index (κ2) is 5.78. The number of nitrogens with zero attached hydrogens (tertiary/aromatic N) is 3. The molecule has 8 heteroatoms. The lowest BCUT2D eigenvalue weighted by Gasteiger charge is -2.24. The van der Waals surface area contributed by atoms with Gasteiger partial charge in [0.05, 0.1) is 5.69 Å². The molecule has 112 valence electrons. The number of nitrogens with two attached hydrogens (primary N) is 1. The number of carbonyl (C=O) groups excluding carboxylic acids is 1. The Hall–Kier alpha value is -2.64. The molecular weight excluding hydrogens is 275 g/mol. The van der Waals surface area contributed by atoms with E-state index in [0.717, 1.165) is 0 Å². The Kier molecular flexibility index (Phi) is 4.06. The molecule has 21 heavy (non-hydrogen) atoms. The van der Waals surface area contributed by atoms with E-state index in [4.69, 9.17) is 5.73 Å². The topological polar surface area (TPSA) is 99.9 Å². The molecule has 7 nitrogen and oxygen atoms in total. The zero-order valence-electron chi connectivity index (χ0n) is 12.0. The number of benzene rings is 1. The molecule has 0 aliphatic heterocycles. The Morgan fingerprint density at radius 2 is 2.19 bits per heavy atom. The van der Waals surface area contributed by atoms with Gasteiger partial charge in [-0.25, -0.2) is 4.39 Å². The van der Waals surface area contributed by atoms with Gasteiger partial charge in [0.25, 0.3) is 5.91 Å². The van der Waals surface area contributed by atoms with E-state index in [1.807, 2.05) is 13.8 Å². The first-order chi connectivity index (χ1) is 9.88. The summed E-state index contributed by atoms with van der Waals surface area (Å²) >= 11 is 0. The minimum absolute atomic E-state index is 0.0276. The van der Waals surface area contributed by atoms with Crippen molar-refractivity contribution in [1.82, 2.24) is 15.2 Å². The van der Waals surface area contributed by atoms with Crippen molar-refractivity contribution in [3.05, 3.63) is 29.8 Å². The second-order valence-corrected chi connectivity index (χ2v) is 4.87. The summed E-state index contributed by atoms with van der Waals surface area (Å²) in [5.74, 6) is -1.01. The predicted octanol–water partition coefficient (Wildman–Crippen LogP) is 1.62. The molecule has 1 aromatic carbocycles. The Labute approximate surface area is 121 Å². The number of carbonyl (C=O) groups is 1. The van der Waals surface area contributed by atoms with Gasteiger partial charge in [-0.15, -0.1) is 5.10 Å². The Balaban J connectivity index is 2.15. The van der Waals surface area contributed by atoms with Crippen LogP contribution in [0.2, 0.25) is 0 Å². The van der Waals surface area contributed by atoms with Gasteiger partial charge in [-0.05, 0) is 32.0 Å². The molecule has 2 aromatic rings. The van der Waals surface area contributed by atoms with Crippen molar-refractivity contribution in [2.75, 3.05) is 23.0 Å². The largest absolute Gasteiger partial charge is 0.370 e. The standard InChI is InChI=1S/C13H17FN6O/c1-7(2)20(3)10-5-4-8(6-9(10)14)16-12(21)11-17-13(15)19-18-11/h4-7H,1-3H3,(H,16,21)(H3,15,17,18,19). The zero-order valence-corrected chi connectivity index (χ0v) is 12.0. The van der Waals surface area contributed by atoms with Gasteiger partial charge in [0.1, 0.15) is 5.82 Å². The molecule has 1 aromatic heterocycles. The number of aromatic amines is 1. The van der Waals surface area contributed by atoms with Crippen LogP contribution in [0.25, 0.3) is 0 Å². The number of hydrogen-bond acceptors (Lipinski definition) is 5. The lowest BCUT2D eigenvalue weighted by atomic mass is 10.2. The van der Waals surface area contributed by atoms with Crippen LogP contribution in [0.5, 0.6) is 0 Å². The van der Waals surface area contributed by atoms with Crippen molar-refractivity contribution in [2.24, 2.45) is 0 Å². The van der Waals surface area contributed by atoms with E-state index < -0.39 is 11.7 Å². The Morgan fingerprint density at radius 1 is 1.48 bits per heavy atom. The van der Waals surface area contributed by atoms with Crippen molar-refractivity contribution in [3.63, 3.8) is 0 Å². The first-order valence-electron chi connectivity index (χ1n) is 6.40. The fraction of sp³-hybridized carbons (Fsp3) is 0.308. The van der Waals surface area contributed by atoms with E-state index in [0.29, 0.717) is 11.4 Å². The fourth-order valence-corrected chi connectivity index (χ4v) is 1.72. The van der Waals surface area contributed by atoms with Crippen LogP contribution in [0, 0.1) is 5.82 Å². The predicted molar refractivity (Wildman–Crippen MR) is 78.7 cm³/mol. The maximum atomic E-state index is 14.1. The van der Waals surface area contributed by atoms with Gasteiger partial charge in [-0.1, -0.05) is 0 Å². The first-order valence-corrected chi connectivity index (χ1v) is 6.40. The molecule has 1 amide bonds. The maximum absolute atomic E-state index is 14.1. The summed E-state index contributed by atoms with van der Waals surface area (Å²) in [7, 11) is 1.80. The molecule has 0 spiro atoms. The summed E-state index contributed by atoms with van der Waals surface area (Å²) < 4.78 is 14.1. The van der Waals surface area contributed by atoms with Crippen LogP contribution in [0.15, 0.2) is 18.2 Å². The summed E-state index contributed by atoms with van der Waals surface area (Å²) in [4.78, 5) is 17.3. The van der Waals surface area contributed by atoms with Gasteiger partial charge in [0, 0.05) is 18.8 Å². The van der Waals surface area contributed by atoms with Gasteiger partial charge >= 0.3 is 0 Å². The molecule has 0 saturated heterocycles. The van der Waals surface area contributed by atoms with Crippen LogP contribution in [0.4, 0.5) is 21.7 Å². The van der Waals surface area contributed by atoms with Crippen LogP contribution in [0.1, 0.15) is 24.5 Å². The molecule has 4 N–H and O–H groups in total. The lowest BCUT2D eigenvalue weighted by Crippen LogP contribution is -2.26. The quantitative estimate of drug-likeness (QED) is 0.795. The molecule has 0 unspecified atom stereocenters. The number of hydrogen-bond donors (Lipinski definition) is 3. The maximum Gasteiger partial charge on any atom is 0.293 e. The summed E-state index contributed by atoms with van der Waals surface area (Å²) in [6.45, 7) is 3.92. The van der Waals surface area contributed by atoms with Crippen LogP contribution in [-0.4, -0.2) is 34.2 Å². The van der Waals surface area contributed by atoms with Crippen LogP contribution < -0.4 is 16.0 Å². The number of aromatic nitrogens is 3. The zero-order chi connectivity index (χ0) is 15.6. The molecule has 1 heterocycles. The molecule has 2 rings (SSSR count). The smallest absolute Gasteiger partial charge is 0.293 e. The van der Waals surface area contributed by atoms with Crippen molar-refractivity contribution in [3.8, 4) is 0 Å². The van der Waals surface area contributed by atoms with Crippen molar-refractivity contribution >= 4 is 23.2 Å². The number of anilines is 3. The van der Waals surface area contributed by atoms with Gasteiger partial charge < -0.3 is 16.0 Å². The number of nitrogen functional groups attached to an aromatic ring is 1. The highest BCUT2D eigenvalue weighted by molar-refractivity contribution is 6.01. The molecular formula is C13H17FN6O. The van der Waals surface area contributed by atoms with Crippen LogP contribution in [0.3, 0.4) is 0 Å². The average molecular weight is 292 g/mol. The van der Waals surface area contributed by atoms with Gasteiger partial charge in [-0.3, -0.25) is 9.89 Å². The van der Waals surface area contributed by atoms with Gasteiger partial charge in [0.2, 0.25) is 11.8 Å². The summed E-state index contributed by atoms with van der Waals surface area (Å²) in [5.41, 5.74) is 6.11. The molecule has 0 atom stereocenters. The van der Waals surface area contributed by atoms with Crippen molar-refractivity contribution in [2.45, 2.75) is 19.9 Å². The van der Waals surface area contributed by atoms with E-state index in [9.17, 15) is 9.18 Å². The number of rotatable bonds is 4. The monoisotopic (exact) mass is 292 g/mol. The highest BCUT2D eigenvalue weighted by atomic mass is 19.1. The molecule has 0 bridgehead atoms. The van der Waals surface area contributed by atoms with E-state index in [1.54, 1.807) is 24.1 Å². The van der Waals surface area contributed by atoms with Gasteiger partial charge in [-0.2, -0.15) is 4.98 Å². The lowest BCUT2D eigenvalue weighted by molar-refractivity contribution is 0.101. The SMILES string of the molecule is CC(C)N(C)c1ccc(NC(=O)c2nc(N)n[nH]2)cc1F. The second-order valence-electron chi connectivity index (χ2n) is 4.87. The molecule has 0 aliphatic rings. The number of amides is 1. The Bertz CT molecular complexity index is 654. The fourth-order valence-electron chi connectivity index (χ4n) is 1.72. The number of nitrogens with one attached hydrogen (secondary N) is 2. The summed E-state index contributed by atoms with van der Waals surface area (Å²) in [6.07, 6.45) is 0. The molecule has 0 saturated carbocycles. The molecule has 0 radical (unpaired) electrons. The molecule has 0 aliphatic carbocycles. The highest BCUT2D eigenvalue weighted by Crippen LogP contribution is 2.23. The highest BCUT2D eigenvalue weighted by Gasteiger charge is 2.14. The third-order valence-electron chi connectivity index (χ3n) is 3.08. The van der Waals surface area contributed by atoms with Crippen molar-refractivity contribution in [1.29, 1.82) is 0 Å². The minimum atomic E-state index is -0.538.